The summed E-state index contributed by atoms with van der Waals surface area (Å²) in [5.41, 5.74) is 3.44. The highest BCUT2D eigenvalue weighted by molar-refractivity contribution is 5.98. The minimum Gasteiger partial charge on any atom is -0.477 e. The van der Waals surface area contributed by atoms with Crippen LogP contribution in [-0.4, -0.2) is 52.1 Å². The molecule has 27 heavy (non-hydrogen) atoms. The molecule has 0 saturated carbocycles. The molecule has 0 amide bonds. The number of benzene rings is 1. The van der Waals surface area contributed by atoms with Gasteiger partial charge in [0.15, 0.2) is 11.3 Å². The highest BCUT2D eigenvalue weighted by Crippen LogP contribution is 2.43. The minimum absolute atomic E-state index is 0.0400. The molecule has 2 aliphatic rings. The van der Waals surface area contributed by atoms with Gasteiger partial charge in [-0.25, -0.2) is 14.5 Å². The fourth-order valence-corrected chi connectivity index (χ4v) is 4.21. The van der Waals surface area contributed by atoms with Gasteiger partial charge in [0.1, 0.15) is 0 Å². The topological polar surface area (TPSA) is 80.5 Å². The number of nitrogens with zero attached hydrogens (tertiary/aromatic N) is 4. The highest BCUT2D eigenvalue weighted by atomic mass is 16.5. The SMILES string of the molecule is Cc1nn(-c2ccccc2)c2nc(C(=O)O)cc(N3CC4(CCOC4)C3)c12. The second kappa shape index (κ2) is 5.79. The van der Waals surface area contributed by atoms with Crippen molar-refractivity contribution in [2.24, 2.45) is 5.41 Å². The number of pyridine rings is 1. The number of hydrogen-bond donors (Lipinski definition) is 1. The molecule has 1 N–H and O–H groups in total. The van der Waals surface area contributed by atoms with Crippen molar-refractivity contribution in [3.63, 3.8) is 0 Å². The quantitative estimate of drug-likeness (QED) is 0.770. The summed E-state index contributed by atoms with van der Waals surface area (Å²) >= 11 is 0. The molecular formula is C20H20N4O3. The van der Waals surface area contributed by atoms with Gasteiger partial charge in [-0.15, -0.1) is 0 Å². The van der Waals surface area contributed by atoms with E-state index in [1.165, 1.54) is 0 Å². The van der Waals surface area contributed by atoms with E-state index in [1.54, 1.807) is 10.7 Å². The number of ether oxygens (including phenoxy) is 1. The van der Waals surface area contributed by atoms with Crippen LogP contribution >= 0.6 is 0 Å². The summed E-state index contributed by atoms with van der Waals surface area (Å²) in [5.74, 6) is -1.03. The fraction of sp³-hybridized carbons (Fsp3) is 0.350. The zero-order valence-electron chi connectivity index (χ0n) is 15.1. The Hall–Kier alpha value is -2.93. The maximum atomic E-state index is 11.7. The largest absolute Gasteiger partial charge is 0.477 e. The van der Waals surface area contributed by atoms with Crippen molar-refractivity contribution in [3.05, 3.63) is 47.8 Å². The molecule has 2 aliphatic heterocycles. The Morgan fingerprint density at radius 3 is 2.70 bits per heavy atom. The molecule has 2 saturated heterocycles. The molecule has 1 spiro atoms. The molecule has 4 heterocycles. The second-order valence-electron chi connectivity index (χ2n) is 7.52. The van der Waals surface area contributed by atoms with Crippen LogP contribution in [0.25, 0.3) is 16.7 Å². The number of aromatic carboxylic acids is 1. The molecule has 0 radical (unpaired) electrons. The van der Waals surface area contributed by atoms with Crippen molar-refractivity contribution in [2.75, 3.05) is 31.2 Å². The van der Waals surface area contributed by atoms with E-state index >= 15 is 0 Å². The molecule has 0 bridgehead atoms. The van der Waals surface area contributed by atoms with Crippen LogP contribution in [0.3, 0.4) is 0 Å². The number of aryl methyl sites for hydroxylation is 1. The number of fused-ring (bicyclic) bond motifs is 1. The van der Waals surface area contributed by atoms with Gasteiger partial charge >= 0.3 is 5.97 Å². The minimum atomic E-state index is -1.03. The van der Waals surface area contributed by atoms with Crippen LogP contribution in [0, 0.1) is 12.3 Å². The Balaban J connectivity index is 1.66. The maximum absolute atomic E-state index is 11.7. The normalized spacial score (nSPS) is 18.2. The molecule has 0 atom stereocenters. The first-order chi connectivity index (χ1) is 13.1. The van der Waals surface area contributed by atoms with Crippen molar-refractivity contribution in [2.45, 2.75) is 13.3 Å². The van der Waals surface area contributed by atoms with Gasteiger partial charge in [0.25, 0.3) is 0 Å². The number of carboxylic acids is 1. The number of para-hydroxylation sites is 1. The Labute approximate surface area is 156 Å². The van der Waals surface area contributed by atoms with Crippen LogP contribution in [0.5, 0.6) is 0 Å². The first-order valence-electron chi connectivity index (χ1n) is 9.08. The molecule has 5 rings (SSSR count). The standard InChI is InChI=1S/C20H20N4O3/c1-13-17-16(23-10-20(11-23)7-8-27-12-20)9-15(19(25)26)21-18(17)24(22-13)14-5-3-2-4-6-14/h2-6,9H,7-8,10-12H2,1H3,(H,25,26). The van der Waals surface area contributed by atoms with Crippen molar-refractivity contribution < 1.29 is 14.6 Å². The molecular weight excluding hydrogens is 344 g/mol. The number of aromatic nitrogens is 3. The molecule has 7 heteroatoms. The van der Waals surface area contributed by atoms with Crippen LogP contribution in [0.1, 0.15) is 22.6 Å². The van der Waals surface area contributed by atoms with Gasteiger partial charge in [-0.1, -0.05) is 18.2 Å². The highest BCUT2D eigenvalue weighted by Gasteiger charge is 2.46. The van der Waals surface area contributed by atoms with E-state index in [9.17, 15) is 9.90 Å². The lowest BCUT2D eigenvalue weighted by atomic mass is 9.79. The van der Waals surface area contributed by atoms with E-state index in [-0.39, 0.29) is 11.1 Å². The van der Waals surface area contributed by atoms with Gasteiger partial charge < -0.3 is 14.7 Å². The third-order valence-electron chi connectivity index (χ3n) is 5.59. The van der Waals surface area contributed by atoms with Gasteiger partial charge in [-0.05, 0) is 31.5 Å². The summed E-state index contributed by atoms with van der Waals surface area (Å²) in [6.45, 7) is 5.29. The smallest absolute Gasteiger partial charge is 0.354 e. The van der Waals surface area contributed by atoms with Crippen molar-refractivity contribution >= 4 is 22.7 Å². The van der Waals surface area contributed by atoms with Gasteiger partial charge in [0.05, 0.1) is 29.1 Å². The fourth-order valence-electron chi connectivity index (χ4n) is 4.21. The lowest BCUT2D eigenvalue weighted by molar-refractivity contribution is 0.0691. The average Bonchev–Trinajstić information content (AvgIpc) is 3.26. The number of anilines is 1. The van der Waals surface area contributed by atoms with Crippen molar-refractivity contribution in [1.82, 2.24) is 14.8 Å². The lowest BCUT2D eigenvalue weighted by Crippen LogP contribution is -2.57. The van der Waals surface area contributed by atoms with E-state index in [0.29, 0.717) is 5.65 Å². The van der Waals surface area contributed by atoms with Gasteiger partial charge in [0, 0.05) is 25.1 Å². The molecule has 2 aromatic heterocycles. The van der Waals surface area contributed by atoms with Crippen molar-refractivity contribution in [1.29, 1.82) is 0 Å². The summed E-state index contributed by atoms with van der Waals surface area (Å²) in [7, 11) is 0. The van der Waals surface area contributed by atoms with E-state index in [1.807, 2.05) is 37.3 Å². The second-order valence-corrected chi connectivity index (χ2v) is 7.52. The van der Waals surface area contributed by atoms with E-state index in [0.717, 1.165) is 55.2 Å². The lowest BCUT2D eigenvalue weighted by Gasteiger charge is -2.48. The summed E-state index contributed by atoms with van der Waals surface area (Å²) in [6, 6.07) is 11.4. The summed E-state index contributed by atoms with van der Waals surface area (Å²) in [4.78, 5) is 18.3. The molecule has 0 aliphatic carbocycles. The van der Waals surface area contributed by atoms with Crippen LogP contribution in [0.4, 0.5) is 5.69 Å². The first-order valence-corrected chi connectivity index (χ1v) is 9.08. The zero-order valence-corrected chi connectivity index (χ0v) is 15.1. The Morgan fingerprint density at radius 2 is 2.04 bits per heavy atom. The van der Waals surface area contributed by atoms with Crippen molar-refractivity contribution in [3.8, 4) is 5.69 Å². The Kier molecular flexibility index (Phi) is 3.48. The van der Waals surface area contributed by atoms with Gasteiger partial charge in [0.2, 0.25) is 0 Å². The molecule has 138 valence electrons. The van der Waals surface area contributed by atoms with E-state index in [4.69, 9.17) is 4.74 Å². The Bertz CT molecular complexity index is 1030. The molecule has 2 fully saturated rings. The summed E-state index contributed by atoms with van der Waals surface area (Å²) < 4.78 is 7.30. The zero-order chi connectivity index (χ0) is 18.6. The van der Waals surface area contributed by atoms with Crippen LogP contribution in [0.15, 0.2) is 36.4 Å². The Morgan fingerprint density at radius 1 is 1.26 bits per heavy atom. The summed E-state index contributed by atoms with van der Waals surface area (Å²) in [6.07, 6.45) is 1.06. The third-order valence-corrected chi connectivity index (χ3v) is 5.59. The average molecular weight is 364 g/mol. The van der Waals surface area contributed by atoms with Crippen LogP contribution in [0.2, 0.25) is 0 Å². The predicted octanol–water partition coefficient (Wildman–Crippen LogP) is 2.65. The summed E-state index contributed by atoms with van der Waals surface area (Å²) in [5, 5.41) is 15.2. The van der Waals surface area contributed by atoms with E-state index < -0.39 is 5.97 Å². The molecule has 0 unspecified atom stereocenters. The van der Waals surface area contributed by atoms with Crippen LogP contribution in [-0.2, 0) is 4.74 Å². The predicted molar refractivity (Wildman–Crippen MR) is 101 cm³/mol. The molecule has 1 aromatic carbocycles. The number of hydrogen-bond acceptors (Lipinski definition) is 5. The molecule has 7 nitrogen and oxygen atoms in total. The number of carboxylic acid groups (broad SMARTS) is 1. The van der Waals surface area contributed by atoms with Gasteiger partial charge in [-0.2, -0.15) is 5.10 Å². The third kappa shape index (κ3) is 2.49. The first kappa shape index (κ1) is 16.3. The monoisotopic (exact) mass is 364 g/mol. The van der Waals surface area contributed by atoms with Gasteiger partial charge in [-0.3, -0.25) is 0 Å². The van der Waals surface area contributed by atoms with E-state index in [2.05, 4.69) is 15.0 Å². The number of carbonyl (C=O) groups is 1. The van der Waals surface area contributed by atoms with Crippen LogP contribution < -0.4 is 4.90 Å². The maximum Gasteiger partial charge on any atom is 0.354 e. The molecule has 3 aromatic rings. The number of rotatable bonds is 3.